The number of amides is 2. The first-order valence-corrected chi connectivity index (χ1v) is 6.14. The van der Waals surface area contributed by atoms with Crippen LogP contribution in [0.1, 0.15) is 34.7 Å². The van der Waals surface area contributed by atoms with Crippen LogP contribution in [-0.2, 0) is 5.54 Å². The molecule has 2 aromatic rings. The van der Waals surface area contributed by atoms with Gasteiger partial charge in [0, 0.05) is 23.0 Å². The third kappa shape index (κ3) is 1.62. The maximum atomic E-state index is 11.9. The molecule has 1 aromatic carbocycles. The summed E-state index contributed by atoms with van der Waals surface area (Å²) in [7, 11) is 0. The fourth-order valence-electron chi connectivity index (χ4n) is 2.64. The zero-order chi connectivity index (χ0) is 13.8. The zero-order valence-electron chi connectivity index (χ0n) is 10.9. The minimum absolute atomic E-state index is 0.0869. The van der Waals surface area contributed by atoms with E-state index in [1.54, 1.807) is 12.1 Å². The van der Waals surface area contributed by atoms with Crippen molar-refractivity contribution in [1.82, 2.24) is 9.88 Å². The fourth-order valence-corrected chi connectivity index (χ4v) is 2.64. The number of nitrogens with two attached hydrogens (primary N) is 1. The highest BCUT2D eigenvalue weighted by Crippen LogP contribution is 2.30. The molecule has 0 spiro atoms. The number of carbonyl (C=O) groups excluding carboxylic acids is 2. The van der Waals surface area contributed by atoms with E-state index in [2.05, 4.69) is 5.32 Å². The number of nitrogens with zero attached hydrogens (tertiary/aromatic N) is 1. The summed E-state index contributed by atoms with van der Waals surface area (Å²) in [6.45, 7) is 4.65. The van der Waals surface area contributed by atoms with Crippen molar-refractivity contribution >= 4 is 22.7 Å². The van der Waals surface area contributed by atoms with Crippen molar-refractivity contribution in [2.45, 2.75) is 19.4 Å². The van der Waals surface area contributed by atoms with Gasteiger partial charge in [0.2, 0.25) is 5.91 Å². The highest BCUT2D eigenvalue weighted by Gasteiger charge is 2.32. The van der Waals surface area contributed by atoms with Gasteiger partial charge in [-0.25, -0.2) is 0 Å². The molecule has 3 rings (SSSR count). The van der Waals surface area contributed by atoms with Gasteiger partial charge in [-0.2, -0.15) is 0 Å². The summed E-state index contributed by atoms with van der Waals surface area (Å²) in [6, 6.07) is 7.10. The van der Waals surface area contributed by atoms with E-state index >= 15 is 0 Å². The molecule has 3 N–H and O–H groups in total. The van der Waals surface area contributed by atoms with E-state index in [-0.39, 0.29) is 11.4 Å². The van der Waals surface area contributed by atoms with E-state index < -0.39 is 5.91 Å². The Morgan fingerprint density at radius 3 is 2.79 bits per heavy atom. The normalized spacial score (nSPS) is 17.1. The standard InChI is InChI=1S/C14H15N3O2/c1-14(2)7-16-13(19)11-5-8-3-4-9(12(15)18)6-10(8)17(11)14/h3-6H,7H2,1-2H3,(H2,15,18)(H,16,19). The Balaban J connectivity index is 2.36. The Labute approximate surface area is 110 Å². The molecule has 1 aliphatic heterocycles. The lowest BCUT2D eigenvalue weighted by Gasteiger charge is -2.34. The first-order chi connectivity index (χ1) is 8.90. The first kappa shape index (κ1) is 11.8. The van der Waals surface area contributed by atoms with Gasteiger partial charge in [-0.05, 0) is 32.0 Å². The second-order valence-corrected chi connectivity index (χ2v) is 5.50. The number of primary amides is 1. The molecule has 5 heteroatoms. The average molecular weight is 257 g/mol. The highest BCUT2D eigenvalue weighted by molar-refractivity contribution is 6.02. The van der Waals surface area contributed by atoms with Gasteiger partial charge in [-0.3, -0.25) is 9.59 Å². The number of aromatic nitrogens is 1. The molecule has 98 valence electrons. The summed E-state index contributed by atoms with van der Waals surface area (Å²) in [5.74, 6) is -0.549. The molecule has 1 aliphatic rings. The second kappa shape index (κ2) is 3.60. The van der Waals surface area contributed by atoms with Gasteiger partial charge >= 0.3 is 0 Å². The van der Waals surface area contributed by atoms with E-state index in [4.69, 9.17) is 5.73 Å². The second-order valence-electron chi connectivity index (χ2n) is 5.50. The minimum atomic E-state index is -0.462. The maximum absolute atomic E-state index is 11.9. The molecule has 0 bridgehead atoms. The van der Waals surface area contributed by atoms with Crippen molar-refractivity contribution in [3.8, 4) is 0 Å². The predicted octanol–water partition coefficient (Wildman–Crippen LogP) is 1.22. The van der Waals surface area contributed by atoms with Crippen LogP contribution in [0.2, 0.25) is 0 Å². The van der Waals surface area contributed by atoms with E-state index in [1.165, 1.54) is 0 Å². The Morgan fingerprint density at radius 1 is 1.37 bits per heavy atom. The first-order valence-electron chi connectivity index (χ1n) is 6.14. The summed E-state index contributed by atoms with van der Waals surface area (Å²) in [5, 5.41) is 3.81. The molecule has 2 heterocycles. The maximum Gasteiger partial charge on any atom is 0.268 e. The zero-order valence-corrected chi connectivity index (χ0v) is 10.9. The summed E-state index contributed by atoms with van der Waals surface area (Å²) in [5.41, 5.74) is 7.02. The number of hydrogen-bond donors (Lipinski definition) is 2. The molecule has 1 aromatic heterocycles. The summed E-state index contributed by atoms with van der Waals surface area (Å²) < 4.78 is 1.98. The monoisotopic (exact) mass is 257 g/mol. The van der Waals surface area contributed by atoms with Crippen LogP contribution in [-0.4, -0.2) is 22.9 Å². The van der Waals surface area contributed by atoms with Gasteiger partial charge < -0.3 is 15.6 Å². The Kier molecular flexibility index (Phi) is 2.23. The van der Waals surface area contributed by atoms with Crippen molar-refractivity contribution in [3.63, 3.8) is 0 Å². The SMILES string of the molecule is CC1(C)CNC(=O)c2cc3ccc(C(N)=O)cc3n21. The third-order valence-electron chi connectivity index (χ3n) is 3.61. The Hall–Kier alpha value is -2.30. The van der Waals surface area contributed by atoms with Gasteiger partial charge in [0.05, 0.1) is 5.54 Å². The average Bonchev–Trinajstić information content (AvgIpc) is 2.74. The smallest absolute Gasteiger partial charge is 0.268 e. The van der Waals surface area contributed by atoms with E-state index in [9.17, 15) is 9.59 Å². The van der Waals surface area contributed by atoms with Crippen LogP contribution in [0, 0.1) is 0 Å². The van der Waals surface area contributed by atoms with E-state index in [0.717, 1.165) is 10.9 Å². The largest absolute Gasteiger partial charge is 0.366 e. The van der Waals surface area contributed by atoms with Gasteiger partial charge in [0.25, 0.3) is 5.91 Å². The molecule has 2 amide bonds. The quantitative estimate of drug-likeness (QED) is 0.805. The summed E-state index contributed by atoms with van der Waals surface area (Å²) in [4.78, 5) is 23.2. The summed E-state index contributed by atoms with van der Waals surface area (Å²) >= 11 is 0. The lowest BCUT2D eigenvalue weighted by molar-refractivity contribution is 0.0891. The molecule has 5 nitrogen and oxygen atoms in total. The van der Waals surface area contributed by atoms with Gasteiger partial charge in [-0.1, -0.05) is 6.07 Å². The topological polar surface area (TPSA) is 77.1 Å². The Morgan fingerprint density at radius 2 is 2.11 bits per heavy atom. The van der Waals surface area contributed by atoms with Crippen LogP contribution < -0.4 is 11.1 Å². The van der Waals surface area contributed by atoms with Crippen molar-refractivity contribution < 1.29 is 9.59 Å². The lowest BCUT2D eigenvalue weighted by atomic mass is 10.0. The molecule has 0 saturated carbocycles. The van der Waals surface area contributed by atoms with E-state index in [0.29, 0.717) is 17.8 Å². The molecular formula is C14H15N3O2. The van der Waals surface area contributed by atoms with Crippen molar-refractivity contribution in [2.24, 2.45) is 5.73 Å². The molecule has 0 atom stereocenters. The Bertz CT molecular complexity index is 713. The highest BCUT2D eigenvalue weighted by atomic mass is 16.2. The van der Waals surface area contributed by atoms with Crippen LogP contribution in [0.4, 0.5) is 0 Å². The number of fused-ring (bicyclic) bond motifs is 3. The number of nitrogens with one attached hydrogen (secondary N) is 1. The molecule has 0 unspecified atom stereocenters. The van der Waals surface area contributed by atoms with Gasteiger partial charge in [0.15, 0.2) is 0 Å². The number of rotatable bonds is 1. The van der Waals surface area contributed by atoms with Crippen LogP contribution in [0.15, 0.2) is 24.3 Å². The fraction of sp³-hybridized carbons (Fsp3) is 0.286. The van der Waals surface area contributed by atoms with Crippen LogP contribution in [0.5, 0.6) is 0 Å². The molecule has 0 saturated heterocycles. The molecule has 0 radical (unpaired) electrons. The molecule has 19 heavy (non-hydrogen) atoms. The number of hydrogen-bond acceptors (Lipinski definition) is 2. The van der Waals surface area contributed by atoms with Crippen molar-refractivity contribution in [1.29, 1.82) is 0 Å². The molecular weight excluding hydrogens is 242 g/mol. The third-order valence-corrected chi connectivity index (χ3v) is 3.61. The summed E-state index contributed by atoms with van der Waals surface area (Å²) in [6.07, 6.45) is 0. The van der Waals surface area contributed by atoms with Crippen molar-refractivity contribution in [3.05, 3.63) is 35.5 Å². The van der Waals surface area contributed by atoms with Crippen LogP contribution >= 0.6 is 0 Å². The van der Waals surface area contributed by atoms with Gasteiger partial charge in [-0.15, -0.1) is 0 Å². The van der Waals surface area contributed by atoms with Crippen molar-refractivity contribution in [2.75, 3.05) is 6.54 Å². The lowest BCUT2D eigenvalue weighted by Crippen LogP contribution is -2.47. The van der Waals surface area contributed by atoms with E-state index in [1.807, 2.05) is 30.5 Å². The minimum Gasteiger partial charge on any atom is -0.366 e. The number of carbonyl (C=O) groups is 2. The molecule has 0 aliphatic carbocycles. The number of benzene rings is 1. The van der Waals surface area contributed by atoms with Crippen LogP contribution in [0.3, 0.4) is 0 Å². The van der Waals surface area contributed by atoms with Crippen LogP contribution in [0.25, 0.3) is 10.9 Å². The molecule has 0 fully saturated rings. The van der Waals surface area contributed by atoms with Gasteiger partial charge in [0.1, 0.15) is 5.69 Å². The predicted molar refractivity (Wildman–Crippen MR) is 72.1 cm³/mol.